The number of nitrogens with zero attached hydrogens (tertiary/aromatic N) is 2. The van der Waals surface area contributed by atoms with E-state index in [1.165, 1.54) is 32.0 Å². The lowest BCUT2D eigenvalue weighted by Gasteiger charge is -2.25. The predicted molar refractivity (Wildman–Crippen MR) is 57.5 cm³/mol. The van der Waals surface area contributed by atoms with Crippen molar-refractivity contribution in [2.24, 2.45) is 5.92 Å². The summed E-state index contributed by atoms with van der Waals surface area (Å²) in [6.45, 7) is 0.984. The molecule has 0 atom stereocenters. The van der Waals surface area contributed by atoms with E-state index in [9.17, 15) is 0 Å². The molecule has 1 N–H and O–H groups in total. The van der Waals surface area contributed by atoms with Gasteiger partial charge < -0.3 is 5.32 Å². The van der Waals surface area contributed by atoms with Crippen molar-refractivity contribution in [1.29, 1.82) is 0 Å². The topological polar surface area (TPSA) is 37.8 Å². The van der Waals surface area contributed by atoms with Crippen LogP contribution < -0.4 is 5.32 Å². The fourth-order valence-corrected chi connectivity index (χ4v) is 1.76. The normalized spacial score (nSPS) is 16.4. The van der Waals surface area contributed by atoms with Crippen LogP contribution in [0.5, 0.6) is 0 Å². The lowest BCUT2D eigenvalue weighted by atomic mass is 9.83. The van der Waals surface area contributed by atoms with Gasteiger partial charge in [-0.25, -0.2) is 9.97 Å². The van der Waals surface area contributed by atoms with Gasteiger partial charge in [-0.15, -0.1) is 0 Å². The molecule has 1 heterocycles. The fraction of sp³-hybridized carbons (Fsp3) is 0.600. The number of anilines is 1. The molecule has 1 fully saturated rings. The van der Waals surface area contributed by atoms with Gasteiger partial charge in [0.1, 0.15) is 17.3 Å². The van der Waals surface area contributed by atoms with E-state index in [0.717, 1.165) is 18.3 Å². The van der Waals surface area contributed by atoms with Crippen molar-refractivity contribution in [2.75, 3.05) is 11.9 Å². The van der Waals surface area contributed by atoms with Crippen molar-refractivity contribution in [3.63, 3.8) is 0 Å². The summed E-state index contributed by atoms with van der Waals surface area (Å²) in [5.41, 5.74) is 0. The van der Waals surface area contributed by atoms with Crippen LogP contribution in [0.1, 0.15) is 25.7 Å². The summed E-state index contributed by atoms with van der Waals surface area (Å²) < 4.78 is 0. The third-order valence-corrected chi connectivity index (χ3v) is 2.92. The van der Waals surface area contributed by atoms with Crippen LogP contribution in [-0.2, 0) is 0 Å². The third kappa shape index (κ3) is 2.58. The van der Waals surface area contributed by atoms with E-state index in [1.54, 1.807) is 6.07 Å². The standard InChI is InChI=1S/C10H14ClN3/c11-9-6-10(14-7-13-9)12-5-4-8-2-1-3-8/h6-8H,1-5H2,(H,12,13,14). The van der Waals surface area contributed by atoms with E-state index < -0.39 is 0 Å². The zero-order valence-electron chi connectivity index (χ0n) is 8.04. The Morgan fingerprint density at radius 1 is 1.43 bits per heavy atom. The van der Waals surface area contributed by atoms with E-state index in [-0.39, 0.29) is 0 Å². The maximum Gasteiger partial charge on any atom is 0.134 e. The van der Waals surface area contributed by atoms with Gasteiger partial charge in [-0.3, -0.25) is 0 Å². The molecule has 1 aromatic heterocycles. The molecule has 1 aromatic rings. The average Bonchev–Trinajstić information content (AvgIpc) is 2.09. The van der Waals surface area contributed by atoms with Crippen molar-refractivity contribution in [3.8, 4) is 0 Å². The van der Waals surface area contributed by atoms with Crippen molar-refractivity contribution < 1.29 is 0 Å². The Kier molecular flexibility index (Phi) is 3.19. The van der Waals surface area contributed by atoms with Crippen molar-refractivity contribution in [3.05, 3.63) is 17.5 Å². The van der Waals surface area contributed by atoms with Crippen molar-refractivity contribution in [1.82, 2.24) is 9.97 Å². The maximum absolute atomic E-state index is 5.73. The summed E-state index contributed by atoms with van der Waals surface area (Å²) in [6, 6.07) is 1.75. The Balaban J connectivity index is 1.74. The van der Waals surface area contributed by atoms with Crippen LogP contribution in [0.25, 0.3) is 0 Å². The van der Waals surface area contributed by atoms with E-state index in [0.29, 0.717) is 5.15 Å². The Morgan fingerprint density at radius 3 is 2.93 bits per heavy atom. The first-order valence-corrected chi connectivity index (χ1v) is 5.44. The molecule has 3 nitrogen and oxygen atoms in total. The number of halogens is 1. The predicted octanol–water partition coefficient (Wildman–Crippen LogP) is 2.73. The average molecular weight is 212 g/mol. The van der Waals surface area contributed by atoms with Crippen LogP contribution in [0.3, 0.4) is 0 Å². The molecule has 0 unspecified atom stereocenters. The van der Waals surface area contributed by atoms with Crippen LogP contribution in [0.4, 0.5) is 5.82 Å². The minimum Gasteiger partial charge on any atom is -0.370 e. The van der Waals surface area contributed by atoms with Gasteiger partial charge in [-0.1, -0.05) is 30.9 Å². The molecular formula is C10H14ClN3. The summed E-state index contributed by atoms with van der Waals surface area (Å²) in [6.07, 6.45) is 6.91. The minimum atomic E-state index is 0.492. The monoisotopic (exact) mass is 211 g/mol. The highest BCUT2D eigenvalue weighted by Crippen LogP contribution is 2.29. The van der Waals surface area contributed by atoms with Crippen molar-refractivity contribution in [2.45, 2.75) is 25.7 Å². The van der Waals surface area contributed by atoms with Gasteiger partial charge in [0.15, 0.2) is 0 Å². The first-order chi connectivity index (χ1) is 6.84. The van der Waals surface area contributed by atoms with Gasteiger partial charge in [0.05, 0.1) is 0 Å². The van der Waals surface area contributed by atoms with Gasteiger partial charge in [0.2, 0.25) is 0 Å². The second-order valence-electron chi connectivity index (χ2n) is 3.74. The van der Waals surface area contributed by atoms with Gasteiger partial charge in [0, 0.05) is 12.6 Å². The molecule has 1 saturated carbocycles. The molecule has 0 saturated heterocycles. The third-order valence-electron chi connectivity index (χ3n) is 2.72. The molecule has 2 rings (SSSR count). The quantitative estimate of drug-likeness (QED) is 0.779. The Hall–Kier alpha value is -0.830. The van der Waals surface area contributed by atoms with Crippen LogP contribution in [0, 0.1) is 5.92 Å². The second kappa shape index (κ2) is 4.60. The van der Waals surface area contributed by atoms with Gasteiger partial charge in [-0.05, 0) is 12.3 Å². The fourth-order valence-electron chi connectivity index (χ4n) is 1.62. The molecule has 0 spiro atoms. The zero-order valence-corrected chi connectivity index (χ0v) is 8.80. The number of aromatic nitrogens is 2. The highest BCUT2D eigenvalue weighted by Gasteiger charge is 2.16. The molecule has 0 bridgehead atoms. The maximum atomic E-state index is 5.73. The Morgan fingerprint density at radius 2 is 2.29 bits per heavy atom. The highest BCUT2D eigenvalue weighted by atomic mass is 35.5. The summed E-state index contributed by atoms with van der Waals surface area (Å²) in [5.74, 6) is 1.75. The molecule has 1 aliphatic carbocycles. The number of rotatable bonds is 4. The summed E-state index contributed by atoms with van der Waals surface area (Å²) in [7, 11) is 0. The van der Waals surface area contributed by atoms with E-state index in [4.69, 9.17) is 11.6 Å². The molecule has 14 heavy (non-hydrogen) atoms. The smallest absolute Gasteiger partial charge is 0.134 e. The Bertz CT molecular complexity index is 299. The highest BCUT2D eigenvalue weighted by molar-refractivity contribution is 6.29. The molecule has 0 amide bonds. The molecule has 0 radical (unpaired) electrons. The van der Waals surface area contributed by atoms with Crippen LogP contribution in [-0.4, -0.2) is 16.5 Å². The SMILES string of the molecule is Clc1cc(NCCC2CCC2)ncn1. The van der Waals surface area contributed by atoms with Gasteiger partial charge >= 0.3 is 0 Å². The van der Waals surface area contributed by atoms with E-state index >= 15 is 0 Å². The van der Waals surface area contributed by atoms with Crippen molar-refractivity contribution >= 4 is 17.4 Å². The minimum absolute atomic E-state index is 0.492. The molecule has 0 aliphatic heterocycles. The first kappa shape index (κ1) is 9.71. The first-order valence-electron chi connectivity index (χ1n) is 5.06. The molecule has 76 valence electrons. The van der Waals surface area contributed by atoms with Crippen LogP contribution >= 0.6 is 11.6 Å². The van der Waals surface area contributed by atoms with Gasteiger partial charge in [-0.2, -0.15) is 0 Å². The Labute approximate surface area is 88.9 Å². The number of nitrogens with one attached hydrogen (secondary N) is 1. The van der Waals surface area contributed by atoms with E-state index in [2.05, 4.69) is 15.3 Å². The second-order valence-corrected chi connectivity index (χ2v) is 4.13. The largest absolute Gasteiger partial charge is 0.370 e. The summed E-state index contributed by atoms with van der Waals surface area (Å²) in [5, 5.41) is 3.74. The number of hydrogen-bond donors (Lipinski definition) is 1. The lowest BCUT2D eigenvalue weighted by molar-refractivity contribution is 0.303. The zero-order chi connectivity index (χ0) is 9.80. The lowest BCUT2D eigenvalue weighted by Crippen LogP contribution is -2.15. The molecule has 4 heteroatoms. The molecular weight excluding hydrogens is 198 g/mol. The van der Waals surface area contributed by atoms with Gasteiger partial charge in [0.25, 0.3) is 0 Å². The summed E-state index contributed by atoms with van der Waals surface area (Å²) in [4.78, 5) is 7.90. The molecule has 1 aliphatic rings. The van der Waals surface area contributed by atoms with Crippen LogP contribution in [0.2, 0.25) is 5.15 Å². The van der Waals surface area contributed by atoms with Crippen LogP contribution in [0.15, 0.2) is 12.4 Å². The summed E-state index contributed by atoms with van der Waals surface area (Å²) >= 11 is 5.73. The van der Waals surface area contributed by atoms with E-state index in [1.807, 2.05) is 0 Å². The molecule has 0 aromatic carbocycles. The number of hydrogen-bond acceptors (Lipinski definition) is 3.